The van der Waals surface area contributed by atoms with E-state index in [-0.39, 0.29) is 17.7 Å². The van der Waals surface area contributed by atoms with Crippen LogP contribution in [0.5, 0.6) is 5.88 Å². The SMILES string of the molecule is COc1cc(C2CC2C(=O)Nc2cc(NCc3cn4cc(C5CC5)ccc4n3)ccn2)cc(N)n1. The second-order valence-corrected chi connectivity index (χ2v) is 9.32. The highest BCUT2D eigenvalue weighted by Gasteiger charge is 2.44. The molecule has 4 aromatic rings. The Morgan fingerprint density at radius 2 is 2.03 bits per heavy atom. The molecule has 2 aliphatic carbocycles. The second kappa shape index (κ2) is 8.57. The summed E-state index contributed by atoms with van der Waals surface area (Å²) in [5, 5.41) is 6.32. The number of carbonyl (C=O) groups excluding carboxylic acids is 1. The van der Waals surface area contributed by atoms with E-state index in [1.807, 2.05) is 18.2 Å². The zero-order chi connectivity index (χ0) is 23.9. The van der Waals surface area contributed by atoms with Crippen LogP contribution in [0.25, 0.3) is 5.65 Å². The summed E-state index contributed by atoms with van der Waals surface area (Å²) >= 11 is 0. The Kier molecular flexibility index (Phi) is 5.24. The molecule has 2 saturated carbocycles. The molecular formula is C26H27N7O2. The van der Waals surface area contributed by atoms with Gasteiger partial charge in [-0.15, -0.1) is 0 Å². The van der Waals surface area contributed by atoms with Crippen molar-refractivity contribution in [1.29, 1.82) is 0 Å². The Labute approximate surface area is 202 Å². The van der Waals surface area contributed by atoms with Crippen LogP contribution in [0.2, 0.25) is 0 Å². The summed E-state index contributed by atoms with van der Waals surface area (Å²) in [4.78, 5) is 25.9. The molecule has 0 aliphatic heterocycles. The first kappa shape index (κ1) is 21.4. The summed E-state index contributed by atoms with van der Waals surface area (Å²) in [6.45, 7) is 0.577. The molecule has 9 heteroatoms. The van der Waals surface area contributed by atoms with Crippen LogP contribution in [-0.2, 0) is 11.3 Å². The highest BCUT2D eigenvalue weighted by molar-refractivity contribution is 5.94. The number of anilines is 3. The minimum atomic E-state index is -0.126. The van der Waals surface area contributed by atoms with E-state index < -0.39 is 0 Å². The van der Waals surface area contributed by atoms with Gasteiger partial charge in [0.2, 0.25) is 11.8 Å². The van der Waals surface area contributed by atoms with Crippen molar-refractivity contribution in [2.45, 2.75) is 37.6 Å². The fourth-order valence-electron chi connectivity index (χ4n) is 4.54. The predicted octanol–water partition coefficient (Wildman–Crippen LogP) is 3.95. The number of nitrogens with two attached hydrogens (primary N) is 1. The molecule has 2 unspecified atom stereocenters. The van der Waals surface area contributed by atoms with E-state index in [1.165, 1.54) is 18.4 Å². The Hall–Kier alpha value is -4.14. The summed E-state index contributed by atoms with van der Waals surface area (Å²) in [6.07, 6.45) is 9.25. The number of pyridine rings is 3. The number of imidazole rings is 1. The fraction of sp³-hybridized carbons (Fsp3) is 0.308. The number of nitrogens with zero attached hydrogens (tertiary/aromatic N) is 4. The van der Waals surface area contributed by atoms with E-state index in [9.17, 15) is 4.79 Å². The van der Waals surface area contributed by atoms with Crippen molar-refractivity contribution in [3.05, 3.63) is 71.8 Å². The number of rotatable bonds is 8. The van der Waals surface area contributed by atoms with Crippen LogP contribution in [0.15, 0.2) is 55.0 Å². The van der Waals surface area contributed by atoms with Gasteiger partial charge in [0.1, 0.15) is 17.3 Å². The molecule has 0 radical (unpaired) electrons. The van der Waals surface area contributed by atoms with E-state index in [1.54, 1.807) is 19.4 Å². The Morgan fingerprint density at radius 1 is 1.14 bits per heavy atom. The molecule has 0 saturated heterocycles. The molecule has 178 valence electrons. The van der Waals surface area contributed by atoms with Crippen molar-refractivity contribution in [2.24, 2.45) is 5.92 Å². The number of amides is 1. The van der Waals surface area contributed by atoms with Gasteiger partial charge < -0.3 is 25.5 Å². The summed E-state index contributed by atoms with van der Waals surface area (Å²) in [5.74, 6) is 2.00. The van der Waals surface area contributed by atoms with Gasteiger partial charge in [0.05, 0.1) is 19.3 Å². The molecule has 0 bridgehead atoms. The van der Waals surface area contributed by atoms with E-state index in [0.717, 1.165) is 29.0 Å². The lowest BCUT2D eigenvalue weighted by Crippen LogP contribution is -2.15. The monoisotopic (exact) mass is 469 g/mol. The van der Waals surface area contributed by atoms with Gasteiger partial charge in [0, 0.05) is 42.3 Å². The lowest BCUT2D eigenvalue weighted by atomic mass is 10.1. The van der Waals surface area contributed by atoms with Gasteiger partial charge in [0.25, 0.3) is 0 Å². The summed E-state index contributed by atoms with van der Waals surface area (Å²) in [6, 6.07) is 11.6. The van der Waals surface area contributed by atoms with Crippen LogP contribution in [-0.4, -0.2) is 32.4 Å². The van der Waals surface area contributed by atoms with Gasteiger partial charge in [-0.05, 0) is 60.4 Å². The highest BCUT2D eigenvalue weighted by atomic mass is 16.5. The third-order valence-electron chi connectivity index (χ3n) is 6.67. The maximum Gasteiger partial charge on any atom is 0.229 e. The maximum absolute atomic E-state index is 12.8. The molecule has 2 atom stereocenters. The smallest absolute Gasteiger partial charge is 0.229 e. The number of hydrogen-bond acceptors (Lipinski definition) is 7. The van der Waals surface area contributed by atoms with Crippen LogP contribution in [0.4, 0.5) is 17.3 Å². The van der Waals surface area contributed by atoms with Crippen LogP contribution < -0.4 is 21.1 Å². The molecule has 9 nitrogen and oxygen atoms in total. The van der Waals surface area contributed by atoms with Crippen LogP contribution in [0.3, 0.4) is 0 Å². The molecule has 2 aliphatic rings. The van der Waals surface area contributed by atoms with Crippen LogP contribution >= 0.6 is 0 Å². The third-order valence-corrected chi connectivity index (χ3v) is 6.67. The van der Waals surface area contributed by atoms with Crippen molar-refractivity contribution in [3.63, 3.8) is 0 Å². The number of ether oxygens (including phenoxy) is 1. The summed E-state index contributed by atoms with van der Waals surface area (Å²) in [7, 11) is 1.55. The second-order valence-electron chi connectivity index (χ2n) is 9.32. The van der Waals surface area contributed by atoms with Crippen molar-refractivity contribution in [2.75, 3.05) is 23.5 Å². The standard InChI is InChI=1S/C26H27N7O2/c1-35-25-9-17(8-22(27)31-25)20-11-21(20)26(34)32-23-10-18(6-7-28-23)29-12-19-14-33-13-16(15-2-3-15)4-5-24(33)30-19/h4-10,13-15,20-21H,2-3,11-12H2,1H3,(H2,27,31)(H2,28,29,32,34). The molecule has 4 N–H and O–H groups in total. The molecule has 4 heterocycles. The van der Waals surface area contributed by atoms with Crippen molar-refractivity contribution >= 4 is 28.9 Å². The largest absolute Gasteiger partial charge is 0.481 e. The first-order valence-electron chi connectivity index (χ1n) is 11.9. The average molecular weight is 470 g/mol. The quantitative estimate of drug-likeness (QED) is 0.357. The minimum absolute atomic E-state index is 0.0548. The first-order chi connectivity index (χ1) is 17.1. The molecule has 0 aromatic carbocycles. The van der Waals surface area contributed by atoms with E-state index in [0.29, 0.717) is 30.0 Å². The first-order valence-corrected chi connectivity index (χ1v) is 11.9. The fourth-order valence-corrected chi connectivity index (χ4v) is 4.54. The number of methoxy groups -OCH3 is 1. The van der Waals surface area contributed by atoms with E-state index >= 15 is 0 Å². The minimum Gasteiger partial charge on any atom is -0.481 e. The molecule has 6 rings (SSSR count). The number of nitrogen functional groups attached to an aromatic ring is 1. The van der Waals surface area contributed by atoms with Gasteiger partial charge in [-0.2, -0.15) is 4.98 Å². The molecular weight excluding hydrogens is 442 g/mol. The normalized spacial score (nSPS) is 18.9. The Morgan fingerprint density at radius 3 is 2.86 bits per heavy atom. The van der Waals surface area contributed by atoms with Crippen LogP contribution in [0, 0.1) is 5.92 Å². The van der Waals surface area contributed by atoms with Crippen molar-refractivity contribution < 1.29 is 9.53 Å². The maximum atomic E-state index is 12.8. The molecule has 4 aromatic heterocycles. The predicted molar refractivity (Wildman–Crippen MR) is 133 cm³/mol. The number of aromatic nitrogens is 4. The average Bonchev–Trinajstić information content (AvgIpc) is 3.78. The van der Waals surface area contributed by atoms with Gasteiger partial charge in [-0.1, -0.05) is 6.07 Å². The Bertz CT molecular complexity index is 1410. The zero-order valence-electron chi connectivity index (χ0n) is 19.4. The van der Waals surface area contributed by atoms with Crippen LogP contribution in [0.1, 0.15) is 47.9 Å². The lowest BCUT2D eigenvalue weighted by Gasteiger charge is -2.08. The van der Waals surface area contributed by atoms with E-state index in [4.69, 9.17) is 15.5 Å². The molecule has 1 amide bonds. The highest BCUT2D eigenvalue weighted by Crippen LogP contribution is 2.48. The van der Waals surface area contributed by atoms with Gasteiger partial charge in [0.15, 0.2) is 0 Å². The van der Waals surface area contributed by atoms with Gasteiger partial charge >= 0.3 is 0 Å². The molecule has 35 heavy (non-hydrogen) atoms. The van der Waals surface area contributed by atoms with E-state index in [2.05, 4.69) is 49.5 Å². The summed E-state index contributed by atoms with van der Waals surface area (Å²) in [5.41, 5.74) is 11.0. The number of hydrogen-bond donors (Lipinski definition) is 3. The number of fused-ring (bicyclic) bond motifs is 1. The summed E-state index contributed by atoms with van der Waals surface area (Å²) < 4.78 is 7.29. The number of carbonyl (C=O) groups is 1. The van der Waals surface area contributed by atoms with Crippen molar-refractivity contribution in [1.82, 2.24) is 19.4 Å². The zero-order valence-corrected chi connectivity index (χ0v) is 19.4. The third kappa shape index (κ3) is 4.62. The molecule has 0 spiro atoms. The topological polar surface area (TPSA) is 119 Å². The van der Waals surface area contributed by atoms with Gasteiger partial charge in [-0.25, -0.2) is 9.97 Å². The Balaban J connectivity index is 1.07. The number of nitrogens with one attached hydrogen (secondary N) is 2. The van der Waals surface area contributed by atoms with Gasteiger partial charge in [-0.3, -0.25) is 4.79 Å². The van der Waals surface area contributed by atoms with Crippen molar-refractivity contribution in [3.8, 4) is 5.88 Å². The lowest BCUT2D eigenvalue weighted by molar-refractivity contribution is -0.117. The molecule has 2 fully saturated rings.